The van der Waals surface area contributed by atoms with Gasteiger partial charge in [0.15, 0.2) is 0 Å². The average molecular weight is 156 g/mol. The van der Waals surface area contributed by atoms with E-state index in [4.69, 9.17) is 6.17 Å². The van der Waals surface area contributed by atoms with Crippen LogP contribution in [0.25, 0.3) is 0 Å². The molecule has 0 aromatic rings. The van der Waals surface area contributed by atoms with Gasteiger partial charge in [0.1, 0.15) is 6.10 Å². The van der Waals surface area contributed by atoms with Crippen LogP contribution in [-0.4, -0.2) is 25.4 Å². The quantitative estimate of drug-likeness (QED) is 0.487. The molecule has 1 aliphatic heterocycles. The third-order valence-electron chi connectivity index (χ3n) is 2.99. The van der Waals surface area contributed by atoms with E-state index in [1.165, 1.54) is 5.57 Å². The lowest BCUT2D eigenvalue weighted by atomic mass is 9.92. The first-order chi connectivity index (χ1) is 5.75. The molecule has 2 rings (SSSR count). The molecule has 0 radical (unpaired) electrons. The van der Waals surface area contributed by atoms with E-state index >= 15 is 0 Å². The third-order valence-corrected chi connectivity index (χ3v) is 2.99. The largest absolute Gasteiger partial charge is 0.396 e. The maximum absolute atomic E-state index is 6.60. The van der Waals surface area contributed by atoms with Crippen LogP contribution in [-0.2, 0) is 4.74 Å². The lowest BCUT2D eigenvalue weighted by molar-refractivity contribution is 0.194. The average Bonchev–Trinajstić information content (AvgIpc) is 2.79. The highest BCUT2D eigenvalue weighted by molar-refractivity contribution is 5.25. The smallest absolute Gasteiger partial charge is 0.210 e. The minimum absolute atomic E-state index is 0.329. The molecule has 0 aromatic heterocycles. The van der Waals surface area contributed by atoms with Gasteiger partial charge in [0.25, 0.3) is 0 Å². The van der Waals surface area contributed by atoms with E-state index in [9.17, 15) is 0 Å². The molecule has 2 nitrogen and oxygen atoms in total. The summed E-state index contributed by atoms with van der Waals surface area (Å²) in [5.41, 5.74) is 1.23. The van der Waals surface area contributed by atoms with Crippen molar-refractivity contribution in [2.75, 3.05) is 6.61 Å². The SMILES string of the molecule is [3H]OCC[C@H]1[C@H]2O[C@H]2C(=C)[C@@H]1C. The molecule has 2 aliphatic rings. The van der Waals surface area contributed by atoms with E-state index in [0.717, 1.165) is 6.42 Å². The molecule has 0 spiro atoms. The molecular formula is C9H14O2. The van der Waals surface area contributed by atoms with Crippen LogP contribution >= 0.6 is 0 Å². The summed E-state index contributed by atoms with van der Waals surface area (Å²) in [4.78, 5) is 0. The molecule has 1 saturated heterocycles. The lowest BCUT2D eigenvalue weighted by Crippen LogP contribution is -2.14. The first-order valence-electron chi connectivity index (χ1n) is 4.58. The van der Waals surface area contributed by atoms with Crippen LogP contribution in [0.15, 0.2) is 12.2 Å². The summed E-state index contributed by atoms with van der Waals surface area (Å²) in [6.45, 7) is 6.70. The number of rotatable bonds is 3. The number of hydrogen-bond acceptors (Lipinski definition) is 2. The van der Waals surface area contributed by atoms with Crippen LogP contribution in [0.4, 0.5) is 0 Å². The Morgan fingerprint density at radius 1 is 1.82 bits per heavy atom. The molecule has 1 heterocycles. The summed E-state index contributed by atoms with van der Waals surface area (Å²) in [6, 6.07) is 0. The Labute approximate surface area is 68.4 Å². The first-order valence-corrected chi connectivity index (χ1v) is 4.18. The number of fused-ring (bicyclic) bond motifs is 1. The molecule has 0 unspecified atom stereocenters. The second-order valence-corrected chi connectivity index (χ2v) is 3.54. The number of aliphatic hydroxyl groups is 1. The number of aliphatic hydroxyl groups excluding tert-OH is 1. The highest BCUT2D eigenvalue weighted by Gasteiger charge is 2.55. The topological polar surface area (TPSA) is 32.8 Å². The zero-order valence-electron chi connectivity index (χ0n) is 7.75. The van der Waals surface area contributed by atoms with E-state index < -0.39 is 0 Å². The molecule has 0 amide bonds. The standard InChI is InChI=1S/C9H14O2/c1-5-6(2)8-9(11-8)7(5)3-4-10/h5,7-10H,2-4H2,1H3/t5-,7+,8-,9+/m0/s1/i10T. The summed E-state index contributed by atoms with van der Waals surface area (Å²) >= 11 is 0. The van der Waals surface area contributed by atoms with Gasteiger partial charge in [0, 0.05) is 6.61 Å². The molecule has 2 heteroatoms. The second kappa shape index (κ2) is 2.32. The monoisotopic (exact) mass is 156 g/mol. The molecule has 0 aromatic carbocycles. The maximum Gasteiger partial charge on any atom is 0.210 e. The molecule has 62 valence electrons. The molecule has 4 atom stereocenters. The Kier molecular flexibility index (Phi) is 1.31. The summed E-state index contributed by atoms with van der Waals surface area (Å²) < 4.78 is 12.0. The van der Waals surface area contributed by atoms with E-state index in [1.807, 2.05) is 0 Å². The zero-order valence-corrected chi connectivity index (χ0v) is 6.75. The van der Waals surface area contributed by atoms with Gasteiger partial charge in [-0.05, 0) is 23.8 Å². The van der Waals surface area contributed by atoms with Gasteiger partial charge in [0.05, 0.1) is 6.10 Å². The van der Waals surface area contributed by atoms with Crippen LogP contribution in [0.1, 0.15) is 13.3 Å². The van der Waals surface area contributed by atoms with Gasteiger partial charge in [-0.1, -0.05) is 13.5 Å². The van der Waals surface area contributed by atoms with E-state index in [-0.39, 0.29) is 0 Å². The van der Waals surface area contributed by atoms with Crippen molar-refractivity contribution in [2.24, 2.45) is 11.8 Å². The Morgan fingerprint density at radius 3 is 3.18 bits per heavy atom. The van der Waals surface area contributed by atoms with Crippen LogP contribution < -0.4 is 0 Å². The van der Waals surface area contributed by atoms with Crippen molar-refractivity contribution in [1.82, 2.24) is 0 Å². The highest BCUT2D eigenvalue weighted by atomic mass is 16.6. The minimum Gasteiger partial charge on any atom is -0.396 e. The highest BCUT2D eigenvalue weighted by Crippen LogP contribution is 2.50. The molecule has 2 fully saturated rings. The fourth-order valence-electron chi connectivity index (χ4n) is 2.12. The fourth-order valence-corrected chi connectivity index (χ4v) is 2.12. The van der Waals surface area contributed by atoms with Crippen LogP contribution in [0.3, 0.4) is 0 Å². The maximum atomic E-state index is 6.60. The van der Waals surface area contributed by atoms with Crippen LogP contribution in [0.2, 0.25) is 0 Å². The molecule has 1 aliphatic carbocycles. The van der Waals surface area contributed by atoms with Gasteiger partial charge >= 0.3 is 0 Å². The first kappa shape index (κ1) is 6.21. The number of ether oxygens (including phenoxy) is 1. The molecule has 11 heavy (non-hydrogen) atoms. The predicted molar refractivity (Wildman–Crippen MR) is 42.2 cm³/mol. The Morgan fingerprint density at radius 2 is 2.64 bits per heavy atom. The molecule has 1 saturated carbocycles. The predicted octanol–water partition coefficient (Wildman–Crippen LogP) is 0.958. The molecule has 0 bridgehead atoms. The Bertz CT molecular complexity index is 205. The minimum atomic E-state index is 0.329. The summed E-state index contributed by atoms with van der Waals surface area (Å²) in [7, 11) is 0. The van der Waals surface area contributed by atoms with Crippen molar-refractivity contribution in [1.29, 1.82) is 1.43 Å². The summed E-state index contributed by atoms with van der Waals surface area (Å²) in [5, 5.41) is 4.32. The van der Waals surface area contributed by atoms with Crippen molar-refractivity contribution in [3.63, 3.8) is 0 Å². The van der Waals surface area contributed by atoms with E-state index in [1.54, 1.807) is 0 Å². The van der Waals surface area contributed by atoms with Crippen molar-refractivity contribution in [3.05, 3.63) is 12.2 Å². The number of hydrogen-bond donors (Lipinski definition) is 1. The third kappa shape index (κ3) is 0.932. The Hall–Kier alpha value is -0.340. The fraction of sp³-hybridized carbons (Fsp3) is 0.778. The van der Waals surface area contributed by atoms with Crippen molar-refractivity contribution in [3.8, 4) is 0 Å². The van der Waals surface area contributed by atoms with Gasteiger partial charge in [-0.15, -0.1) is 0 Å². The van der Waals surface area contributed by atoms with Gasteiger partial charge in [0.2, 0.25) is 1.43 Å². The number of epoxide rings is 1. The normalized spacial score (nSPS) is 48.8. The van der Waals surface area contributed by atoms with Crippen LogP contribution in [0, 0.1) is 11.8 Å². The van der Waals surface area contributed by atoms with Gasteiger partial charge in [-0.3, -0.25) is 0 Å². The van der Waals surface area contributed by atoms with Gasteiger partial charge in [-0.2, -0.15) is 0 Å². The van der Waals surface area contributed by atoms with E-state index in [0.29, 0.717) is 30.7 Å². The zero-order chi connectivity index (χ0) is 8.72. The Balaban J connectivity index is 1.93. The van der Waals surface area contributed by atoms with Crippen molar-refractivity contribution >= 4 is 0 Å². The molecule has 1 N–H and O–H groups in total. The van der Waals surface area contributed by atoms with E-state index in [2.05, 4.69) is 18.6 Å². The van der Waals surface area contributed by atoms with Crippen molar-refractivity contribution < 1.29 is 9.85 Å². The van der Waals surface area contributed by atoms with Gasteiger partial charge < -0.3 is 9.85 Å². The second-order valence-electron chi connectivity index (χ2n) is 3.54. The lowest BCUT2D eigenvalue weighted by Gasteiger charge is -2.16. The molecular weight excluding hydrogens is 140 g/mol. The van der Waals surface area contributed by atoms with Crippen molar-refractivity contribution in [2.45, 2.75) is 25.6 Å². The van der Waals surface area contributed by atoms with Crippen LogP contribution in [0.5, 0.6) is 0 Å². The summed E-state index contributed by atoms with van der Waals surface area (Å²) in [5.74, 6) is 1.08. The summed E-state index contributed by atoms with van der Waals surface area (Å²) in [6.07, 6.45) is 1.64. The van der Waals surface area contributed by atoms with Gasteiger partial charge in [-0.25, -0.2) is 0 Å².